The molecule has 1 saturated carbocycles. The summed E-state index contributed by atoms with van der Waals surface area (Å²) in [6.07, 6.45) is 2.55. The zero-order chi connectivity index (χ0) is 16.8. The summed E-state index contributed by atoms with van der Waals surface area (Å²) in [5.41, 5.74) is 3.23. The fourth-order valence-electron chi connectivity index (χ4n) is 3.19. The second-order valence-electron chi connectivity index (χ2n) is 6.27. The SMILES string of the molecule is Cc1cc(-c2ccc(C3CC3N3C(=O)CNC3=O)cn2)ccc1F. The van der Waals surface area contributed by atoms with E-state index >= 15 is 0 Å². The summed E-state index contributed by atoms with van der Waals surface area (Å²) in [6, 6.07) is 8.39. The van der Waals surface area contributed by atoms with E-state index in [1.54, 1.807) is 25.3 Å². The van der Waals surface area contributed by atoms with Crippen molar-refractivity contribution in [3.8, 4) is 11.3 Å². The molecule has 1 aliphatic heterocycles. The summed E-state index contributed by atoms with van der Waals surface area (Å²) in [5, 5.41) is 2.54. The smallest absolute Gasteiger partial charge is 0.324 e. The number of hydrogen-bond donors (Lipinski definition) is 1. The molecule has 2 fully saturated rings. The standard InChI is InChI=1S/C18H16FN3O2/c1-10-6-11(2-4-14(10)19)15-5-3-12(8-20-15)13-7-16(13)22-17(23)9-21-18(22)24/h2-6,8,13,16H,7,9H2,1H3,(H,21,24). The molecule has 1 N–H and O–H groups in total. The highest BCUT2D eigenvalue weighted by Crippen LogP contribution is 2.45. The van der Waals surface area contributed by atoms with Gasteiger partial charge in [-0.2, -0.15) is 0 Å². The van der Waals surface area contributed by atoms with E-state index in [0.717, 1.165) is 23.2 Å². The number of benzene rings is 1. The Balaban J connectivity index is 1.52. The molecular formula is C18H16FN3O2. The van der Waals surface area contributed by atoms with Crippen LogP contribution in [0.3, 0.4) is 0 Å². The molecule has 0 bridgehead atoms. The highest BCUT2D eigenvalue weighted by atomic mass is 19.1. The number of nitrogens with zero attached hydrogens (tertiary/aromatic N) is 2. The Morgan fingerprint density at radius 1 is 1.25 bits per heavy atom. The second kappa shape index (κ2) is 5.40. The summed E-state index contributed by atoms with van der Waals surface area (Å²) in [7, 11) is 0. The number of halogens is 1. The molecule has 0 radical (unpaired) electrons. The van der Waals surface area contributed by atoms with Crippen LogP contribution in [0.15, 0.2) is 36.5 Å². The summed E-state index contributed by atoms with van der Waals surface area (Å²) in [6.45, 7) is 1.81. The first kappa shape index (κ1) is 14.8. The largest absolute Gasteiger partial charge is 0.329 e. The fourth-order valence-corrected chi connectivity index (χ4v) is 3.19. The maximum Gasteiger partial charge on any atom is 0.324 e. The molecule has 2 atom stereocenters. The predicted octanol–water partition coefficient (Wildman–Crippen LogP) is 2.60. The minimum absolute atomic E-state index is 0.0688. The third-order valence-corrected chi connectivity index (χ3v) is 4.63. The van der Waals surface area contributed by atoms with Crippen molar-refractivity contribution in [3.63, 3.8) is 0 Å². The molecule has 1 aliphatic carbocycles. The van der Waals surface area contributed by atoms with Gasteiger partial charge in [0.2, 0.25) is 5.91 Å². The van der Waals surface area contributed by atoms with Gasteiger partial charge in [-0.1, -0.05) is 6.07 Å². The van der Waals surface area contributed by atoms with E-state index in [0.29, 0.717) is 5.56 Å². The number of pyridine rings is 1. The molecule has 5 nitrogen and oxygen atoms in total. The van der Waals surface area contributed by atoms with Crippen molar-refractivity contribution in [2.24, 2.45) is 0 Å². The van der Waals surface area contributed by atoms with Crippen molar-refractivity contribution in [2.75, 3.05) is 6.54 Å². The lowest BCUT2D eigenvalue weighted by Gasteiger charge is -2.12. The van der Waals surface area contributed by atoms with Crippen LogP contribution in [-0.2, 0) is 4.79 Å². The number of carbonyl (C=O) groups excluding carboxylic acids is 2. The number of nitrogens with one attached hydrogen (secondary N) is 1. The molecule has 6 heteroatoms. The predicted molar refractivity (Wildman–Crippen MR) is 85.8 cm³/mol. The van der Waals surface area contributed by atoms with Crippen LogP contribution >= 0.6 is 0 Å². The van der Waals surface area contributed by atoms with E-state index in [1.807, 2.05) is 12.1 Å². The van der Waals surface area contributed by atoms with Crippen LogP contribution < -0.4 is 5.32 Å². The Kier molecular flexibility index (Phi) is 3.33. The van der Waals surface area contributed by atoms with E-state index in [-0.39, 0.29) is 36.3 Å². The molecule has 2 aliphatic rings. The lowest BCUT2D eigenvalue weighted by Crippen LogP contribution is -2.33. The van der Waals surface area contributed by atoms with Crippen molar-refractivity contribution in [3.05, 3.63) is 53.5 Å². The lowest BCUT2D eigenvalue weighted by molar-refractivity contribution is -0.125. The van der Waals surface area contributed by atoms with Gasteiger partial charge < -0.3 is 5.32 Å². The lowest BCUT2D eigenvalue weighted by atomic mass is 10.1. The monoisotopic (exact) mass is 325 g/mol. The Hall–Kier alpha value is -2.76. The molecule has 1 aromatic heterocycles. The molecule has 2 aromatic rings. The van der Waals surface area contributed by atoms with Gasteiger partial charge in [0.25, 0.3) is 0 Å². The van der Waals surface area contributed by atoms with E-state index in [9.17, 15) is 14.0 Å². The molecule has 4 rings (SSSR count). The molecule has 122 valence electrons. The average molecular weight is 325 g/mol. The molecule has 0 spiro atoms. The van der Waals surface area contributed by atoms with E-state index in [4.69, 9.17) is 0 Å². The highest BCUT2D eigenvalue weighted by Gasteiger charge is 2.49. The van der Waals surface area contributed by atoms with Crippen molar-refractivity contribution in [2.45, 2.75) is 25.3 Å². The van der Waals surface area contributed by atoms with E-state index < -0.39 is 0 Å². The Morgan fingerprint density at radius 3 is 2.71 bits per heavy atom. The Morgan fingerprint density at radius 2 is 2.08 bits per heavy atom. The summed E-state index contributed by atoms with van der Waals surface area (Å²) < 4.78 is 13.4. The number of aryl methyl sites for hydroxylation is 1. The summed E-state index contributed by atoms with van der Waals surface area (Å²) >= 11 is 0. The van der Waals surface area contributed by atoms with Gasteiger partial charge in [-0.15, -0.1) is 0 Å². The molecule has 1 saturated heterocycles. The first-order chi connectivity index (χ1) is 11.5. The first-order valence-electron chi connectivity index (χ1n) is 7.87. The normalized spacial score (nSPS) is 22.7. The number of imide groups is 1. The molecule has 3 amide bonds. The zero-order valence-corrected chi connectivity index (χ0v) is 13.1. The van der Waals surface area contributed by atoms with Crippen LogP contribution in [0.4, 0.5) is 9.18 Å². The number of amides is 3. The van der Waals surface area contributed by atoms with Gasteiger partial charge in [-0.3, -0.25) is 14.7 Å². The average Bonchev–Trinajstić information content (AvgIpc) is 3.29. The van der Waals surface area contributed by atoms with Gasteiger partial charge in [-0.25, -0.2) is 9.18 Å². The van der Waals surface area contributed by atoms with Gasteiger partial charge >= 0.3 is 6.03 Å². The van der Waals surface area contributed by atoms with Crippen LogP contribution in [0, 0.1) is 12.7 Å². The second-order valence-corrected chi connectivity index (χ2v) is 6.27. The van der Waals surface area contributed by atoms with Crippen LogP contribution in [0.5, 0.6) is 0 Å². The third kappa shape index (κ3) is 2.44. The number of aromatic nitrogens is 1. The topological polar surface area (TPSA) is 62.3 Å². The Bertz CT molecular complexity index is 819. The van der Waals surface area contributed by atoms with Crippen molar-refractivity contribution < 1.29 is 14.0 Å². The number of hydrogen-bond acceptors (Lipinski definition) is 3. The summed E-state index contributed by atoms with van der Waals surface area (Å²) in [4.78, 5) is 29.2. The maximum atomic E-state index is 13.4. The van der Waals surface area contributed by atoms with E-state index in [2.05, 4.69) is 10.3 Å². The number of urea groups is 1. The molecular weight excluding hydrogens is 309 g/mol. The van der Waals surface area contributed by atoms with Crippen LogP contribution in [0.2, 0.25) is 0 Å². The highest BCUT2D eigenvalue weighted by molar-refractivity contribution is 6.02. The van der Waals surface area contributed by atoms with Crippen molar-refractivity contribution >= 4 is 11.9 Å². The molecule has 24 heavy (non-hydrogen) atoms. The molecule has 2 heterocycles. The molecule has 1 aromatic carbocycles. The molecule has 2 unspecified atom stereocenters. The van der Waals surface area contributed by atoms with Crippen molar-refractivity contribution in [1.82, 2.24) is 15.2 Å². The maximum absolute atomic E-state index is 13.4. The summed E-state index contributed by atoms with van der Waals surface area (Å²) in [5.74, 6) is -0.252. The van der Waals surface area contributed by atoms with Gasteiger partial charge in [0.05, 0.1) is 12.2 Å². The zero-order valence-electron chi connectivity index (χ0n) is 13.1. The number of rotatable bonds is 3. The first-order valence-corrected chi connectivity index (χ1v) is 7.87. The number of carbonyl (C=O) groups is 2. The van der Waals surface area contributed by atoms with Gasteiger partial charge in [-0.05, 0) is 48.7 Å². The van der Waals surface area contributed by atoms with Crippen LogP contribution in [0.25, 0.3) is 11.3 Å². The Labute approximate surface area is 138 Å². The third-order valence-electron chi connectivity index (χ3n) is 4.63. The van der Waals surface area contributed by atoms with Gasteiger partial charge in [0.1, 0.15) is 5.82 Å². The minimum Gasteiger partial charge on any atom is -0.329 e. The quantitative estimate of drug-likeness (QED) is 0.882. The van der Waals surface area contributed by atoms with E-state index in [1.165, 1.54) is 11.0 Å². The van der Waals surface area contributed by atoms with Gasteiger partial charge in [0, 0.05) is 23.7 Å². The van der Waals surface area contributed by atoms with Crippen LogP contribution in [0.1, 0.15) is 23.5 Å². The fraction of sp³-hybridized carbons (Fsp3) is 0.278. The van der Waals surface area contributed by atoms with Gasteiger partial charge in [0.15, 0.2) is 0 Å². The van der Waals surface area contributed by atoms with Crippen LogP contribution in [-0.4, -0.2) is 34.4 Å². The van der Waals surface area contributed by atoms with Crippen molar-refractivity contribution in [1.29, 1.82) is 0 Å². The minimum atomic E-state index is -0.307.